The number of hydrogen-bond acceptors (Lipinski definition) is 4. The standard InChI is InChI=1S/C16H22F3N3O3/c1-21-7-8-22(11-13(21)6-9-23)15(24)20-10-12-4-2-3-5-14(12)25-16(17,18)19/h2-5,13,23H,6-11H2,1H3,(H,20,24). The van der Waals surface area contributed by atoms with Crippen LogP contribution in [0.15, 0.2) is 24.3 Å². The molecule has 0 bridgehead atoms. The van der Waals surface area contributed by atoms with Crippen molar-refractivity contribution in [2.45, 2.75) is 25.4 Å². The second kappa shape index (κ2) is 8.39. The van der Waals surface area contributed by atoms with Crippen LogP contribution in [0.4, 0.5) is 18.0 Å². The highest BCUT2D eigenvalue weighted by Gasteiger charge is 2.32. The molecule has 0 radical (unpaired) electrons. The number of carbonyl (C=O) groups excluding carboxylic acids is 1. The summed E-state index contributed by atoms with van der Waals surface area (Å²) in [5.41, 5.74) is 0.245. The van der Waals surface area contributed by atoms with Crippen LogP contribution in [-0.2, 0) is 6.54 Å². The van der Waals surface area contributed by atoms with E-state index in [1.54, 1.807) is 11.0 Å². The molecule has 1 saturated heterocycles. The Bertz CT molecular complexity index is 583. The Morgan fingerprint density at radius 2 is 2.08 bits per heavy atom. The lowest BCUT2D eigenvalue weighted by atomic mass is 10.1. The van der Waals surface area contributed by atoms with E-state index in [-0.39, 0.29) is 36.5 Å². The number of hydrogen-bond donors (Lipinski definition) is 2. The third-order valence-electron chi connectivity index (χ3n) is 4.16. The van der Waals surface area contributed by atoms with Crippen LogP contribution in [0.2, 0.25) is 0 Å². The number of carbonyl (C=O) groups is 1. The van der Waals surface area contributed by atoms with Gasteiger partial charge in [0.1, 0.15) is 5.75 Å². The molecule has 1 atom stereocenters. The number of alkyl halides is 3. The molecule has 1 aromatic carbocycles. The highest BCUT2D eigenvalue weighted by molar-refractivity contribution is 5.74. The number of urea groups is 1. The second-order valence-electron chi connectivity index (χ2n) is 5.91. The molecule has 0 saturated carbocycles. The van der Waals surface area contributed by atoms with Gasteiger partial charge in [0, 0.05) is 44.4 Å². The van der Waals surface area contributed by atoms with Crippen molar-refractivity contribution in [1.82, 2.24) is 15.1 Å². The first-order valence-electron chi connectivity index (χ1n) is 7.97. The fraction of sp³-hybridized carbons (Fsp3) is 0.562. The fourth-order valence-corrected chi connectivity index (χ4v) is 2.75. The van der Waals surface area contributed by atoms with Gasteiger partial charge in [-0.3, -0.25) is 4.90 Å². The summed E-state index contributed by atoms with van der Waals surface area (Å²) in [5.74, 6) is -0.327. The van der Waals surface area contributed by atoms with Crippen molar-refractivity contribution < 1.29 is 27.8 Å². The summed E-state index contributed by atoms with van der Waals surface area (Å²) in [4.78, 5) is 16.0. The first kappa shape index (κ1) is 19.3. The molecule has 140 valence electrons. The van der Waals surface area contributed by atoms with E-state index in [1.807, 2.05) is 7.05 Å². The predicted octanol–water partition coefficient (Wildman–Crippen LogP) is 1.79. The largest absolute Gasteiger partial charge is 0.573 e. The van der Waals surface area contributed by atoms with E-state index < -0.39 is 6.36 Å². The second-order valence-corrected chi connectivity index (χ2v) is 5.91. The molecule has 0 aromatic heterocycles. The Morgan fingerprint density at radius 1 is 1.36 bits per heavy atom. The zero-order valence-electron chi connectivity index (χ0n) is 13.9. The van der Waals surface area contributed by atoms with E-state index in [0.717, 1.165) is 0 Å². The molecule has 0 aliphatic carbocycles. The average molecular weight is 361 g/mol. The Balaban J connectivity index is 1.94. The zero-order chi connectivity index (χ0) is 18.4. The molecule has 9 heteroatoms. The molecule has 2 N–H and O–H groups in total. The first-order valence-corrected chi connectivity index (χ1v) is 7.97. The number of aliphatic hydroxyl groups is 1. The first-order chi connectivity index (χ1) is 11.8. The third-order valence-corrected chi connectivity index (χ3v) is 4.16. The Kier molecular flexibility index (Phi) is 6.49. The van der Waals surface area contributed by atoms with Gasteiger partial charge in [0.15, 0.2) is 0 Å². The molecule has 1 unspecified atom stereocenters. The molecule has 25 heavy (non-hydrogen) atoms. The third kappa shape index (κ3) is 5.79. The van der Waals surface area contributed by atoms with Crippen LogP contribution in [0.5, 0.6) is 5.75 Å². The Hall–Kier alpha value is -2.00. The number of likely N-dealkylation sites (N-methyl/N-ethyl adjacent to an activating group) is 1. The van der Waals surface area contributed by atoms with E-state index in [9.17, 15) is 18.0 Å². The normalized spacial score (nSPS) is 18.9. The highest BCUT2D eigenvalue weighted by atomic mass is 19.4. The van der Waals surface area contributed by atoms with Gasteiger partial charge in [0.25, 0.3) is 0 Å². The van der Waals surface area contributed by atoms with Crippen LogP contribution in [0, 0.1) is 0 Å². The number of para-hydroxylation sites is 1. The molecular weight excluding hydrogens is 339 g/mol. The van der Waals surface area contributed by atoms with Crippen molar-refractivity contribution >= 4 is 6.03 Å². The van der Waals surface area contributed by atoms with Gasteiger partial charge in [-0.15, -0.1) is 13.2 Å². The van der Waals surface area contributed by atoms with Crippen LogP contribution in [-0.4, -0.2) is 66.6 Å². The number of piperazine rings is 1. The van der Waals surface area contributed by atoms with Crippen molar-refractivity contribution in [3.05, 3.63) is 29.8 Å². The van der Waals surface area contributed by atoms with Crippen LogP contribution in [0.3, 0.4) is 0 Å². The summed E-state index contributed by atoms with van der Waals surface area (Å²) in [7, 11) is 1.93. The van der Waals surface area contributed by atoms with Gasteiger partial charge in [-0.2, -0.15) is 0 Å². The molecule has 2 rings (SSSR count). The van der Waals surface area contributed by atoms with Gasteiger partial charge in [0.05, 0.1) is 0 Å². The number of benzene rings is 1. The number of nitrogens with one attached hydrogen (secondary N) is 1. The van der Waals surface area contributed by atoms with Crippen molar-refractivity contribution in [3.63, 3.8) is 0 Å². The highest BCUT2D eigenvalue weighted by Crippen LogP contribution is 2.26. The van der Waals surface area contributed by atoms with Crippen LogP contribution >= 0.6 is 0 Å². The summed E-state index contributed by atoms with van der Waals surface area (Å²) in [5, 5.41) is 11.7. The summed E-state index contributed by atoms with van der Waals surface area (Å²) in [6.45, 7) is 1.62. The fourth-order valence-electron chi connectivity index (χ4n) is 2.75. The average Bonchev–Trinajstić information content (AvgIpc) is 2.54. The van der Waals surface area contributed by atoms with Gasteiger partial charge in [-0.25, -0.2) is 4.79 Å². The van der Waals surface area contributed by atoms with E-state index in [1.165, 1.54) is 18.2 Å². The van der Waals surface area contributed by atoms with Crippen molar-refractivity contribution in [1.29, 1.82) is 0 Å². The van der Waals surface area contributed by atoms with E-state index in [2.05, 4.69) is 15.0 Å². The van der Waals surface area contributed by atoms with Crippen molar-refractivity contribution in [2.24, 2.45) is 0 Å². The lowest BCUT2D eigenvalue weighted by Crippen LogP contribution is -2.55. The Labute approximate surface area is 144 Å². The maximum absolute atomic E-state index is 12.4. The molecular formula is C16H22F3N3O3. The van der Waals surface area contributed by atoms with E-state index in [4.69, 9.17) is 5.11 Å². The number of amides is 2. The lowest BCUT2D eigenvalue weighted by Gasteiger charge is -2.39. The number of ether oxygens (including phenoxy) is 1. The van der Waals surface area contributed by atoms with Gasteiger partial charge in [-0.05, 0) is 19.5 Å². The SMILES string of the molecule is CN1CCN(C(=O)NCc2ccccc2OC(F)(F)F)CC1CCO. The summed E-state index contributed by atoms with van der Waals surface area (Å²) >= 11 is 0. The van der Waals surface area contributed by atoms with Gasteiger partial charge >= 0.3 is 12.4 Å². The molecule has 2 amide bonds. The summed E-state index contributed by atoms with van der Waals surface area (Å²) in [6.07, 6.45) is -4.22. The number of rotatable bonds is 5. The monoisotopic (exact) mass is 361 g/mol. The van der Waals surface area contributed by atoms with Crippen LogP contribution < -0.4 is 10.1 Å². The molecule has 6 nitrogen and oxygen atoms in total. The van der Waals surface area contributed by atoms with E-state index >= 15 is 0 Å². The minimum Gasteiger partial charge on any atom is -0.405 e. The van der Waals surface area contributed by atoms with Gasteiger partial charge < -0.3 is 20.1 Å². The van der Waals surface area contributed by atoms with Crippen LogP contribution in [0.25, 0.3) is 0 Å². The number of halogens is 3. The minimum atomic E-state index is -4.78. The molecule has 1 aromatic rings. The maximum atomic E-state index is 12.4. The van der Waals surface area contributed by atoms with Gasteiger partial charge in [0.2, 0.25) is 0 Å². The molecule has 1 fully saturated rings. The predicted molar refractivity (Wildman–Crippen MR) is 85.1 cm³/mol. The smallest absolute Gasteiger partial charge is 0.405 e. The lowest BCUT2D eigenvalue weighted by molar-refractivity contribution is -0.274. The number of nitrogens with zero attached hydrogens (tertiary/aromatic N) is 2. The maximum Gasteiger partial charge on any atom is 0.573 e. The summed E-state index contributed by atoms with van der Waals surface area (Å²) in [6, 6.07) is 5.41. The minimum absolute atomic E-state index is 0.0343. The Morgan fingerprint density at radius 3 is 2.76 bits per heavy atom. The molecule has 1 aliphatic rings. The topological polar surface area (TPSA) is 65.0 Å². The summed E-state index contributed by atoms with van der Waals surface area (Å²) < 4.78 is 41.2. The quantitative estimate of drug-likeness (QED) is 0.839. The van der Waals surface area contributed by atoms with Crippen LogP contribution in [0.1, 0.15) is 12.0 Å². The zero-order valence-corrected chi connectivity index (χ0v) is 13.9. The molecule has 1 heterocycles. The number of aliphatic hydroxyl groups excluding tert-OH is 1. The van der Waals surface area contributed by atoms with E-state index in [0.29, 0.717) is 26.1 Å². The van der Waals surface area contributed by atoms with Gasteiger partial charge in [-0.1, -0.05) is 18.2 Å². The molecule has 0 spiro atoms. The molecule has 1 aliphatic heterocycles. The van der Waals surface area contributed by atoms with Crippen molar-refractivity contribution in [3.8, 4) is 5.75 Å². The van der Waals surface area contributed by atoms with Crippen molar-refractivity contribution in [2.75, 3.05) is 33.3 Å².